The Hall–Kier alpha value is -0.550. The van der Waals surface area contributed by atoms with Gasteiger partial charge in [-0.2, -0.15) is 8.42 Å². The van der Waals surface area contributed by atoms with E-state index in [0.29, 0.717) is 56.6 Å². The Bertz CT molecular complexity index is 1010. The molecule has 1 N–H and O–H groups in total. The van der Waals surface area contributed by atoms with E-state index < -0.39 is 10.4 Å². The predicted octanol–water partition coefficient (Wildman–Crippen LogP) is 7.28. The molecule has 4 aliphatic carbocycles. The van der Waals surface area contributed by atoms with Crippen LogP contribution in [0, 0.1) is 46.3 Å². The van der Waals surface area contributed by atoms with Gasteiger partial charge in [0.05, 0.1) is 59.0 Å². The maximum atomic E-state index is 10.4. The normalized spacial score (nSPS) is 34.3. The van der Waals surface area contributed by atoms with Crippen molar-refractivity contribution in [2.24, 2.45) is 46.3 Å². The standard InChI is InChI=1S/C35H62O8S/c1-26(2)7-6-8-27(3)31-11-12-32-30-10-9-28-25-29(13-15-34(28,4)33(30)14-16-35(31,32)5)42-23-21-40-19-17-39-18-20-41-22-24-43-44(36,37)38/h9,26-27,29-33H,6-8,10-25H2,1-5H3,(H,36,37,38)/t27-,29+,30+,31-,32+,33+,34+,35-/m1/s1. The molecule has 0 aromatic rings. The summed E-state index contributed by atoms with van der Waals surface area (Å²) < 4.78 is 56.2. The van der Waals surface area contributed by atoms with Gasteiger partial charge in [0.2, 0.25) is 0 Å². The Morgan fingerprint density at radius 3 is 2.16 bits per heavy atom. The van der Waals surface area contributed by atoms with Gasteiger partial charge in [-0.25, -0.2) is 4.18 Å². The molecule has 4 aliphatic rings. The second-order valence-corrected chi connectivity index (χ2v) is 16.2. The van der Waals surface area contributed by atoms with Crippen LogP contribution in [0.2, 0.25) is 0 Å². The number of hydrogen-bond acceptors (Lipinski definition) is 7. The summed E-state index contributed by atoms with van der Waals surface area (Å²) in [5.74, 6) is 5.23. The van der Waals surface area contributed by atoms with Crippen LogP contribution in [0.15, 0.2) is 11.6 Å². The Kier molecular flexibility index (Phi) is 13.6. The van der Waals surface area contributed by atoms with Crippen LogP contribution in [-0.4, -0.2) is 71.9 Å². The van der Waals surface area contributed by atoms with Crippen molar-refractivity contribution in [3.8, 4) is 0 Å². The van der Waals surface area contributed by atoms with Crippen LogP contribution in [0.5, 0.6) is 0 Å². The van der Waals surface area contributed by atoms with Crippen molar-refractivity contribution in [1.29, 1.82) is 0 Å². The fraction of sp³-hybridized carbons (Fsp3) is 0.943. The monoisotopic (exact) mass is 642 g/mol. The third-order valence-corrected chi connectivity index (χ3v) is 12.5. The van der Waals surface area contributed by atoms with Gasteiger partial charge in [-0.05, 0) is 97.7 Å². The molecule has 8 atom stereocenters. The van der Waals surface area contributed by atoms with E-state index >= 15 is 0 Å². The lowest BCUT2D eigenvalue weighted by Gasteiger charge is -2.58. The van der Waals surface area contributed by atoms with Gasteiger partial charge in [0.1, 0.15) is 0 Å². The third-order valence-electron chi connectivity index (χ3n) is 12.0. The molecule has 4 rings (SSSR count). The van der Waals surface area contributed by atoms with Crippen LogP contribution in [-0.2, 0) is 33.5 Å². The van der Waals surface area contributed by atoms with Crippen molar-refractivity contribution in [3.63, 3.8) is 0 Å². The molecule has 0 aromatic carbocycles. The van der Waals surface area contributed by atoms with Crippen molar-refractivity contribution < 1.29 is 36.1 Å². The lowest BCUT2D eigenvalue weighted by Crippen LogP contribution is -2.51. The summed E-state index contributed by atoms with van der Waals surface area (Å²) in [6.07, 6.45) is 17.7. The fourth-order valence-corrected chi connectivity index (χ4v) is 10.1. The van der Waals surface area contributed by atoms with Crippen molar-refractivity contribution in [1.82, 2.24) is 0 Å². The zero-order valence-electron chi connectivity index (χ0n) is 28.3. The van der Waals surface area contributed by atoms with E-state index in [1.807, 2.05) is 0 Å². The molecule has 0 spiro atoms. The average molecular weight is 643 g/mol. The summed E-state index contributed by atoms with van der Waals surface area (Å²) in [6, 6.07) is 0. The molecule has 8 nitrogen and oxygen atoms in total. The van der Waals surface area contributed by atoms with Crippen LogP contribution in [0.25, 0.3) is 0 Å². The molecule has 3 saturated carbocycles. The van der Waals surface area contributed by atoms with E-state index in [4.69, 9.17) is 23.5 Å². The summed E-state index contributed by atoms with van der Waals surface area (Å²) >= 11 is 0. The first kappa shape index (κ1) is 36.3. The van der Waals surface area contributed by atoms with E-state index in [1.54, 1.807) is 5.57 Å². The van der Waals surface area contributed by atoms with E-state index in [1.165, 1.54) is 57.8 Å². The molecule has 0 aromatic heterocycles. The maximum Gasteiger partial charge on any atom is 0.397 e. The molecule has 0 unspecified atom stereocenters. The number of hydrogen-bond donors (Lipinski definition) is 1. The Balaban J connectivity index is 1.13. The molecule has 3 fully saturated rings. The lowest BCUT2D eigenvalue weighted by atomic mass is 9.47. The molecular weight excluding hydrogens is 580 g/mol. The second-order valence-electron chi connectivity index (χ2n) is 15.1. The zero-order chi connectivity index (χ0) is 31.8. The van der Waals surface area contributed by atoms with Gasteiger partial charge in [-0.3, -0.25) is 4.55 Å². The lowest BCUT2D eigenvalue weighted by molar-refractivity contribution is -0.0691. The Morgan fingerprint density at radius 2 is 1.50 bits per heavy atom. The quantitative estimate of drug-likeness (QED) is 0.0891. The molecule has 0 radical (unpaired) electrons. The molecule has 44 heavy (non-hydrogen) atoms. The molecule has 0 saturated heterocycles. The topological polar surface area (TPSA) is 101 Å². The first-order chi connectivity index (χ1) is 20.9. The Morgan fingerprint density at radius 1 is 0.841 bits per heavy atom. The Labute approximate surface area is 268 Å². The van der Waals surface area contributed by atoms with Gasteiger partial charge < -0.3 is 18.9 Å². The van der Waals surface area contributed by atoms with Gasteiger partial charge in [0.15, 0.2) is 0 Å². The minimum Gasteiger partial charge on any atom is -0.377 e. The van der Waals surface area contributed by atoms with Crippen LogP contribution in [0.3, 0.4) is 0 Å². The van der Waals surface area contributed by atoms with Gasteiger partial charge in [0, 0.05) is 0 Å². The minimum absolute atomic E-state index is 0.0634. The number of fused-ring (bicyclic) bond motifs is 5. The summed E-state index contributed by atoms with van der Waals surface area (Å²) in [6.45, 7) is 15.2. The third kappa shape index (κ3) is 9.51. The van der Waals surface area contributed by atoms with Crippen molar-refractivity contribution in [3.05, 3.63) is 11.6 Å². The van der Waals surface area contributed by atoms with Crippen LogP contribution < -0.4 is 0 Å². The van der Waals surface area contributed by atoms with Crippen LogP contribution in [0.1, 0.15) is 105 Å². The van der Waals surface area contributed by atoms with Crippen molar-refractivity contribution in [2.75, 3.05) is 52.9 Å². The van der Waals surface area contributed by atoms with E-state index in [-0.39, 0.29) is 13.2 Å². The highest BCUT2D eigenvalue weighted by atomic mass is 32.3. The largest absolute Gasteiger partial charge is 0.397 e. The first-order valence-electron chi connectivity index (χ1n) is 17.6. The number of allylic oxidation sites excluding steroid dienone is 1. The van der Waals surface area contributed by atoms with Gasteiger partial charge in [0.25, 0.3) is 0 Å². The summed E-state index contributed by atoms with van der Waals surface area (Å²) in [5, 5.41) is 0. The summed E-state index contributed by atoms with van der Waals surface area (Å²) in [5.41, 5.74) is 2.57. The molecular formula is C35H62O8S. The highest BCUT2D eigenvalue weighted by Gasteiger charge is 2.59. The smallest absolute Gasteiger partial charge is 0.377 e. The molecule has 0 aliphatic heterocycles. The zero-order valence-corrected chi connectivity index (χ0v) is 29.1. The van der Waals surface area contributed by atoms with E-state index in [2.05, 4.69) is 44.9 Å². The van der Waals surface area contributed by atoms with Gasteiger partial charge in [-0.1, -0.05) is 65.5 Å². The molecule has 0 amide bonds. The fourth-order valence-electron chi connectivity index (χ4n) is 9.81. The van der Waals surface area contributed by atoms with Gasteiger partial charge in [-0.15, -0.1) is 0 Å². The molecule has 256 valence electrons. The van der Waals surface area contributed by atoms with Crippen LogP contribution >= 0.6 is 0 Å². The number of ether oxygens (including phenoxy) is 4. The minimum atomic E-state index is -4.41. The molecule has 9 heteroatoms. The summed E-state index contributed by atoms with van der Waals surface area (Å²) in [7, 11) is -4.41. The SMILES string of the molecule is CC(C)CCC[C@@H](C)[C@H]1CC[C@H]2[C@@H]3CC=C4C[C@@H](OCCOCCOCCOCCOS(=O)(=O)O)CC[C@]4(C)[C@H]3CC[C@]12C. The second kappa shape index (κ2) is 16.5. The highest BCUT2D eigenvalue weighted by Crippen LogP contribution is 2.67. The van der Waals surface area contributed by atoms with E-state index in [0.717, 1.165) is 48.3 Å². The predicted molar refractivity (Wildman–Crippen MR) is 173 cm³/mol. The number of rotatable bonds is 19. The molecule has 0 bridgehead atoms. The molecule has 0 heterocycles. The van der Waals surface area contributed by atoms with Crippen LogP contribution in [0.4, 0.5) is 0 Å². The first-order valence-corrected chi connectivity index (χ1v) is 19.0. The highest BCUT2D eigenvalue weighted by molar-refractivity contribution is 7.80. The van der Waals surface area contributed by atoms with Crippen molar-refractivity contribution in [2.45, 2.75) is 111 Å². The average Bonchev–Trinajstić information content (AvgIpc) is 3.32. The van der Waals surface area contributed by atoms with E-state index in [9.17, 15) is 8.42 Å². The van der Waals surface area contributed by atoms with Crippen molar-refractivity contribution >= 4 is 10.4 Å². The van der Waals surface area contributed by atoms with Gasteiger partial charge >= 0.3 is 10.4 Å². The summed E-state index contributed by atoms with van der Waals surface area (Å²) in [4.78, 5) is 0. The maximum absolute atomic E-state index is 10.4.